The zero-order valence-electron chi connectivity index (χ0n) is 9.27. The highest BCUT2D eigenvalue weighted by atomic mass is 35.5. The zero-order valence-corrected chi connectivity index (χ0v) is 10.8. The molecule has 2 aromatic heterocycles. The van der Waals surface area contributed by atoms with E-state index >= 15 is 0 Å². The zero-order chi connectivity index (χ0) is 11.8. The van der Waals surface area contributed by atoms with E-state index in [1.165, 1.54) is 5.56 Å². The Morgan fingerprint density at radius 3 is 2.82 bits per heavy atom. The number of fused-ring (bicyclic) bond motifs is 1. The second kappa shape index (κ2) is 4.13. The number of pyridine rings is 1. The molecule has 0 aliphatic rings. The van der Waals surface area contributed by atoms with E-state index in [4.69, 9.17) is 11.6 Å². The molecule has 0 spiro atoms. The van der Waals surface area contributed by atoms with E-state index in [2.05, 4.69) is 42.2 Å². The van der Waals surface area contributed by atoms with Crippen molar-refractivity contribution in [2.75, 3.05) is 0 Å². The van der Waals surface area contributed by atoms with Crippen molar-refractivity contribution in [2.24, 2.45) is 0 Å². The van der Waals surface area contributed by atoms with E-state index in [1.807, 2.05) is 11.4 Å². The Morgan fingerprint density at radius 1 is 1.18 bits per heavy atom. The Morgan fingerprint density at radius 2 is 2.06 bits per heavy atom. The molecule has 0 fully saturated rings. The SMILES string of the molecule is Cc1ccc2cc(-c3cccs3)nc(Cl)c2c1. The van der Waals surface area contributed by atoms with Gasteiger partial charge in [-0.3, -0.25) is 0 Å². The predicted octanol–water partition coefficient (Wildman–Crippen LogP) is 4.93. The van der Waals surface area contributed by atoms with Gasteiger partial charge in [0.05, 0.1) is 10.6 Å². The molecule has 84 valence electrons. The quantitative estimate of drug-likeness (QED) is 0.565. The maximum absolute atomic E-state index is 6.24. The average Bonchev–Trinajstić information content (AvgIpc) is 2.83. The van der Waals surface area contributed by atoms with Gasteiger partial charge in [0.25, 0.3) is 0 Å². The molecule has 0 saturated carbocycles. The summed E-state index contributed by atoms with van der Waals surface area (Å²) in [5.74, 6) is 0. The number of benzene rings is 1. The third-order valence-corrected chi connectivity index (χ3v) is 3.90. The smallest absolute Gasteiger partial charge is 0.137 e. The van der Waals surface area contributed by atoms with Gasteiger partial charge in [-0.05, 0) is 35.9 Å². The third-order valence-electron chi connectivity index (χ3n) is 2.72. The number of nitrogens with zero attached hydrogens (tertiary/aromatic N) is 1. The molecule has 0 N–H and O–H groups in total. The topological polar surface area (TPSA) is 12.9 Å². The van der Waals surface area contributed by atoms with Gasteiger partial charge in [-0.1, -0.05) is 35.4 Å². The lowest BCUT2D eigenvalue weighted by Gasteiger charge is -2.04. The van der Waals surface area contributed by atoms with E-state index in [0.717, 1.165) is 21.3 Å². The van der Waals surface area contributed by atoms with Gasteiger partial charge in [-0.25, -0.2) is 4.98 Å². The summed E-state index contributed by atoms with van der Waals surface area (Å²) < 4.78 is 0. The minimum Gasteiger partial charge on any atom is -0.235 e. The van der Waals surface area contributed by atoms with Crippen molar-refractivity contribution in [1.82, 2.24) is 4.98 Å². The van der Waals surface area contributed by atoms with E-state index in [1.54, 1.807) is 11.3 Å². The average molecular weight is 260 g/mol. The van der Waals surface area contributed by atoms with Crippen LogP contribution in [0, 0.1) is 6.92 Å². The lowest BCUT2D eigenvalue weighted by Crippen LogP contribution is -1.85. The van der Waals surface area contributed by atoms with Crippen LogP contribution in [0.4, 0.5) is 0 Å². The Balaban J connectivity index is 2.28. The summed E-state index contributed by atoms with van der Waals surface area (Å²) >= 11 is 7.92. The predicted molar refractivity (Wildman–Crippen MR) is 74.8 cm³/mol. The molecular weight excluding hydrogens is 250 g/mol. The molecule has 0 unspecified atom stereocenters. The van der Waals surface area contributed by atoms with Crippen LogP contribution < -0.4 is 0 Å². The Kier molecular flexibility index (Phi) is 2.61. The summed E-state index contributed by atoms with van der Waals surface area (Å²) in [7, 11) is 0. The van der Waals surface area contributed by atoms with Crippen LogP contribution in [-0.4, -0.2) is 4.98 Å². The van der Waals surface area contributed by atoms with Crippen LogP contribution in [0.1, 0.15) is 5.56 Å². The third kappa shape index (κ3) is 1.94. The molecule has 0 bridgehead atoms. The first kappa shape index (κ1) is 10.8. The van der Waals surface area contributed by atoms with Crippen molar-refractivity contribution >= 4 is 33.7 Å². The van der Waals surface area contributed by atoms with Crippen molar-refractivity contribution in [3.8, 4) is 10.6 Å². The summed E-state index contributed by atoms with van der Waals surface area (Å²) in [6.45, 7) is 2.06. The minimum atomic E-state index is 0.578. The van der Waals surface area contributed by atoms with Crippen LogP contribution in [0.15, 0.2) is 41.8 Å². The standard InChI is InChI=1S/C14H10ClNS/c1-9-4-5-10-8-12(13-3-2-6-17-13)16-14(15)11(10)7-9/h2-8H,1H3. The molecule has 0 radical (unpaired) electrons. The first-order valence-corrected chi connectivity index (χ1v) is 6.60. The first-order chi connectivity index (χ1) is 8.24. The molecule has 0 atom stereocenters. The summed E-state index contributed by atoms with van der Waals surface area (Å²) in [4.78, 5) is 5.61. The monoisotopic (exact) mass is 259 g/mol. The highest BCUT2D eigenvalue weighted by Gasteiger charge is 2.06. The van der Waals surface area contributed by atoms with Gasteiger partial charge in [-0.15, -0.1) is 11.3 Å². The fourth-order valence-electron chi connectivity index (χ4n) is 1.87. The fraction of sp³-hybridized carbons (Fsp3) is 0.0714. The minimum absolute atomic E-state index is 0.578. The van der Waals surface area contributed by atoms with Crippen LogP contribution >= 0.6 is 22.9 Å². The fourth-order valence-corrected chi connectivity index (χ4v) is 2.81. The molecule has 0 aliphatic carbocycles. The molecule has 3 aromatic rings. The van der Waals surface area contributed by atoms with Crippen molar-refractivity contribution in [1.29, 1.82) is 0 Å². The molecule has 3 rings (SSSR count). The number of hydrogen-bond donors (Lipinski definition) is 0. The van der Waals surface area contributed by atoms with Crippen molar-refractivity contribution in [3.63, 3.8) is 0 Å². The molecule has 0 saturated heterocycles. The molecule has 1 aromatic carbocycles. The summed E-state index contributed by atoms with van der Waals surface area (Å²) in [6, 6.07) is 12.4. The van der Waals surface area contributed by atoms with Crippen LogP contribution in [0.25, 0.3) is 21.3 Å². The number of aryl methyl sites for hydroxylation is 1. The van der Waals surface area contributed by atoms with E-state index in [9.17, 15) is 0 Å². The largest absolute Gasteiger partial charge is 0.235 e. The van der Waals surface area contributed by atoms with Crippen molar-refractivity contribution in [2.45, 2.75) is 6.92 Å². The van der Waals surface area contributed by atoms with Gasteiger partial charge >= 0.3 is 0 Å². The molecule has 2 heterocycles. The highest BCUT2D eigenvalue weighted by molar-refractivity contribution is 7.13. The lowest BCUT2D eigenvalue weighted by molar-refractivity contribution is 1.36. The van der Waals surface area contributed by atoms with Crippen LogP contribution in [0.3, 0.4) is 0 Å². The summed E-state index contributed by atoms with van der Waals surface area (Å²) in [6.07, 6.45) is 0. The highest BCUT2D eigenvalue weighted by Crippen LogP contribution is 2.30. The van der Waals surface area contributed by atoms with Crippen molar-refractivity contribution < 1.29 is 0 Å². The molecule has 3 heteroatoms. The summed E-state index contributed by atoms with van der Waals surface area (Å²) in [5, 5.41) is 4.78. The Bertz CT molecular complexity index is 674. The summed E-state index contributed by atoms with van der Waals surface area (Å²) in [5.41, 5.74) is 2.14. The normalized spacial score (nSPS) is 10.9. The second-order valence-electron chi connectivity index (χ2n) is 4.00. The van der Waals surface area contributed by atoms with E-state index in [0.29, 0.717) is 5.15 Å². The maximum Gasteiger partial charge on any atom is 0.137 e. The lowest BCUT2D eigenvalue weighted by atomic mass is 10.1. The van der Waals surface area contributed by atoms with Crippen LogP contribution in [0.2, 0.25) is 5.15 Å². The second-order valence-corrected chi connectivity index (χ2v) is 5.31. The molecule has 0 aliphatic heterocycles. The number of thiophene rings is 1. The Hall–Kier alpha value is -1.38. The van der Waals surface area contributed by atoms with Crippen LogP contribution in [-0.2, 0) is 0 Å². The van der Waals surface area contributed by atoms with E-state index < -0.39 is 0 Å². The maximum atomic E-state index is 6.24. The molecular formula is C14H10ClNS. The van der Waals surface area contributed by atoms with Crippen molar-refractivity contribution in [3.05, 3.63) is 52.5 Å². The van der Waals surface area contributed by atoms with Gasteiger partial charge in [0.15, 0.2) is 0 Å². The van der Waals surface area contributed by atoms with E-state index in [-0.39, 0.29) is 0 Å². The van der Waals surface area contributed by atoms with Gasteiger partial charge in [0.1, 0.15) is 5.15 Å². The number of aromatic nitrogens is 1. The van der Waals surface area contributed by atoms with Crippen LogP contribution in [0.5, 0.6) is 0 Å². The van der Waals surface area contributed by atoms with Gasteiger partial charge in [-0.2, -0.15) is 0 Å². The number of rotatable bonds is 1. The number of halogens is 1. The Labute approximate surface area is 109 Å². The molecule has 1 nitrogen and oxygen atoms in total. The first-order valence-electron chi connectivity index (χ1n) is 5.35. The van der Waals surface area contributed by atoms with Gasteiger partial charge in [0.2, 0.25) is 0 Å². The number of hydrogen-bond acceptors (Lipinski definition) is 2. The van der Waals surface area contributed by atoms with Gasteiger partial charge in [0, 0.05) is 5.39 Å². The van der Waals surface area contributed by atoms with Gasteiger partial charge < -0.3 is 0 Å². The molecule has 0 amide bonds. The molecule has 17 heavy (non-hydrogen) atoms.